The van der Waals surface area contributed by atoms with Crippen LogP contribution in [-0.4, -0.2) is 32.3 Å². The van der Waals surface area contributed by atoms with Crippen molar-refractivity contribution in [2.75, 3.05) is 11.1 Å². The molecule has 3 rings (SSSR count). The molecule has 0 unspecified atom stereocenters. The molecular weight excluding hydrogens is 418 g/mol. The minimum Gasteiger partial charge on any atom is -0.366 e. The lowest BCUT2D eigenvalue weighted by molar-refractivity contribution is -0.113. The minimum atomic E-state index is -0.591. The van der Waals surface area contributed by atoms with Gasteiger partial charge in [-0.25, -0.2) is 0 Å². The standard InChI is InChI=1S/C21H23N5O2S2/c1-3-7-15-11-14(12-29-15)20-24-25-21(26(20)10-4-2)30-13-18(27)23-17-9-6-5-8-16(17)19(22)28/h4-6,8-9,11-12H,2-3,7,10,13H2,1H3,(H2,22,28)(H,23,27). The molecule has 30 heavy (non-hydrogen) atoms. The predicted octanol–water partition coefficient (Wildman–Crippen LogP) is 3.97. The van der Waals surface area contributed by atoms with Crippen molar-refractivity contribution < 1.29 is 9.59 Å². The van der Waals surface area contributed by atoms with Gasteiger partial charge in [0.2, 0.25) is 5.91 Å². The average molecular weight is 442 g/mol. The van der Waals surface area contributed by atoms with Gasteiger partial charge in [-0.1, -0.05) is 43.3 Å². The van der Waals surface area contributed by atoms with E-state index in [4.69, 9.17) is 5.73 Å². The molecule has 2 aromatic heterocycles. The Morgan fingerprint density at radius 2 is 2.13 bits per heavy atom. The van der Waals surface area contributed by atoms with Crippen molar-refractivity contribution in [2.24, 2.45) is 5.73 Å². The molecule has 0 saturated carbocycles. The van der Waals surface area contributed by atoms with Crippen LogP contribution in [0.5, 0.6) is 0 Å². The van der Waals surface area contributed by atoms with Crippen LogP contribution in [0.25, 0.3) is 11.4 Å². The van der Waals surface area contributed by atoms with Crippen molar-refractivity contribution >= 4 is 40.6 Å². The zero-order chi connectivity index (χ0) is 21.5. The second kappa shape index (κ2) is 10.2. The number of aryl methyl sites for hydroxylation is 1. The molecule has 0 atom stereocenters. The number of allylic oxidation sites excluding steroid dienone is 1. The molecule has 7 nitrogen and oxygen atoms in total. The lowest BCUT2D eigenvalue weighted by Gasteiger charge is -2.09. The molecule has 0 spiro atoms. The number of aromatic nitrogens is 3. The van der Waals surface area contributed by atoms with Crippen molar-refractivity contribution in [3.63, 3.8) is 0 Å². The Hall–Kier alpha value is -2.91. The summed E-state index contributed by atoms with van der Waals surface area (Å²) in [5, 5.41) is 14.0. The molecule has 1 aromatic carbocycles. The van der Waals surface area contributed by atoms with Crippen molar-refractivity contribution in [1.82, 2.24) is 14.8 Å². The third-order valence-corrected chi connectivity index (χ3v) is 6.20. The number of thioether (sulfide) groups is 1. The van der Waals surface area contributed by atoms with Crippen LogP contribution in [0.3, 0.4) is 0 Å². The highest BCUT2D eigenvalue weighted by atomic mass is 32.2. The number of primary amides is 1. The summed E-state index contributed by atoms with van der Waals surface area (Å²) in [5.74, 6) is 0.0272. The van der Waals surface area contributed by atoms with Crippen LogP contribution in [-0.2, 0) is 17.8 Å². The van der Waals surface area contributed by atoms with Gasteiger partial charge in [0.1, 0.15) is 0 Å². The Morgan fingerprint density at radius 3 is 2.87 bits per heavy atom. The fourth-order valence-corrected chi connectivity index (χ4v) is 4.62. The predicted molar refractivity (Wildman–Crippen MR) is 122 cm³/mol. The van der Waals surface area contributed by atoms with Crippen LogP contribution in [0.1, 0.15) is 28.6 Å². The van der Waals surface area contributed by atoms with Crippen LogP contribution in [0, 0.1) is 0 Å². The molecule has 2 amide bonds. The fourth-order valence-electron chi connectivity index (χ4n) is 2.90. The topological polar surface area (TPSA) is 103 Å². The van der Waals surface area contributed by atoms with Gasteiger partial charge in [0.15, 0.2) is 11.0 Å². The third kappa shape index (κ3) is 5.17. The normalized spacial score (nSPS) is 10.7. The van der Waals surface area contributed by atoms with E-state index < -0.39 is 5.91 Å². The van der Waals surface area contributed by atoms with E-state index in [0.717, 1.165) is 24.2 Å². The van der Waals surface area contributed by atoms with Crippen LogP contribution in [0.15, 0.2) is 53.5 Å². The zero-order valence-corrected chi connectivity index (χ0v) is 18.3. The number of amides is 2. The van der Waals surface area contributed by atoms with Gasteiger partial charge < -0.3 is 11.1 Å². The maximum atomic E-state index is 12.4. The van der Waals surface area contributed by atoms with Crippen molar-refractivity contribution in [2.45, 2.75) is 31.5 Å². The van der Waals surface area contributed by atoms with E-state index >= 15 is 0 Å². The average Bonchev–Trinajstić information content (AvgIpc) is 3.34. The number of thiophene rings is 1. The van der Waals surface area contributed by atoms with Gasteiger partial charge in [0.25, 0.3) is 5.91 Å². The first kappa shape index (κ1) is 21.8. The highest BCUT2D eigenvalue weighted by Gasteiger charge is 2.17. The summed E-state index contributed by atoms with van der Waals surface area (Å²) in [6, 6.07) is 8.78. The highest BCUT2D eigenvalue weighted by molar-refractivity contribution is 7.99. The molecule has 0 aliphatic rings. The Balaban J connectivity index is 1.72. The first-order valence-corrected chi connectivity index (χ1v) is 11.3. The van der Waals surface area contributed by atoms with Gasteiger partial charge in [0.05, 0.1) is 17.0 Å². The molecule has 0 aliphatic carbocycles. The number of hydrogen-bond acceptors (Lipinski definition) is 6. The van der Waals surface area contributed by atoms with Gasteiger partial charge in [-0.05, 0) is 24.6 Å². The molecule has 156 valence electrons. The van der Waals surface area contributed by atoms with E-state index in [0.29, 0.717) is 17.4 Å². The molecule has 2 heterocycles. The van der Waals surface area contributed by atoms with Gasteiger partial charge >= 0.3 is 0 Å². The number of nitrogens with one attached hydrogen (secondary N) is 1. The largest absolute Gasteiger partial charge is 0.366 e. The van der Waals surface area contributed by atoms with Crippen LogP contribution in [0.4, 0.5) is 5.69 Å². The monoisotopic (exact) mass is 441 g/mol. The SMILES string of the molecule is C=CCn1c(SCC(=O)Nc2ccccc2C(N)=O)nnc1-c1csc(CCC)c1. The number of nitrogens with zero attached hydrogens (tertiary/aromatic N) is 3. The van der Waals surface area contributed by atoms with E-state index in [-0.39, 0.29) is 17.2 Å². The second-order valence-electron chi connectivity index (χ2n) is 6.50. The van der Waals surface area contributed by atoms with Crippen LogP contribution in [0.2, 0.25) is 0 Å². The first-order valence-electron chi connectivity index (χ1n) is 9.46. The van der Waals surface area contributed by atoms with Crippen molar-refractivity contribution in [3.8, 4) is 11.4 Å². The number of carbonyl (C=O) groups is 2. The number of hydrogen-bond donors (Lipinski definition) is 2. The number of para-hydroxylation sites is 1. The summed E-state index contributed by atoms with van der Waals surface area (Å²) in [6.07, 6.45) is 3.91. The van der Waals surface area contributed by atoms with Crippen LogP contribution >= 0.6 is 23.1 Å². The molecule has 0 bridgehead atoms. The highest BCUT2D eigenvalue weighted by Crippen LogP contribution is 2.28. The quantitative estimate of drug-likeness (QED) is 0.366. The van der Waals surface area contributed by atoms with Gasteiger partial charge in [-0.3, -0.25) is 14.2 Å². The molecule has 3 aromatic rings. The molecule has 3 N–H and O–H groups in total. The van der Waals surface area contributed by atoms with Crippen LogP contribution < -0.4 is 11.1 Å². The van der Waals surface area contributed by atoms with E-state index in [1.807, 2.05) is 4.57 Å². The molecular formula is C21H23N5O2S2. The van der Waals surface area contributed by atoms with E-state index in [1.54, 1.807) is 41.7 Å². The van der Waals surface area contributed by atoms with Gasteiger partial charge in [-0.2, -0.15) is 0 Å². The van der Waals surface area contributed by atoms with E-state index in [1.165, 1.54) is 16.6 Å². The van der Waals surface area contributed by atoms with Gasteiger partial charge in [0, 0.05) is 22.4 Å². The minimum absolute atomic E-state index is 0.118. The Labute approximate surface area is 183 Å². The lowest BCUT2D eigenvalue weighted by atomic mass is 10.1. The summed E-state index contributed by atoms with van der Waals surface area (Å²) in [5.41, 5.74) is 7.05. The Morgan fingerprint density at radius 1 is 1.33 bits per heavy atom. The second-order valence-corrected chi connectivity index (χ2v) is 8.44. The maximum Gasteiger partial charge on any atom is 0.250 e. The number of carbonyl (C=O) groups excluding carboxylic acids is 2. The summed E-state index contributed by atoms with van der Waals surface area (Å²) in [6.45, 7) is 6.51. The number of anilines is 1. The maximum absolute atomic E-state index is 12.4. The summed E-state index contributed by atoms with van der Waals surface area (Å²) >= 11 is 2.99. The molecule has 0 fully saturated rings. The lowest BCUT2D eigenvalue weighted by Crippen LogP contribution is -2.19. The van der Waals surface area contributed by atoms with Gasteiger partial charge in [-0.15, -0.1) is 28.1 Å². The molecule has 0 radical (unpaired) electrons. The zero-order valence-electron chi connectivity index (χ0n) is 16.6. The smallest absolute Gasteiger partial charge is 0.250 e. The Bertz CT molecular complexity index is 1060. The molecule has 9 heteroatoms. The fraction of sp³-hybridized carbons (Fsp3) is 0.238. The number of rotatable bonds is 10. The molecule has 0 aliphatic heterocycles. The van der Waals surface area contributed by atoms with Crippen molar-refractivity contribution in [1.29, 1.82) is 0 Å². The summed E-state index contributed by atoms with van der Waals surface area (Å²) < 4.78 is 1.94. The first-order chi connectivity index (χ1) is 14.5. The van der Waals surface area contributed by atoms with E-state index in [9.17, 15) is 9.59 Å². The Kier molecular flexibility index (Phi) is 7.42. The van der Waals surface area contributed by atoms with E-state index in [2.05, 4.69) is 40.5 Å². The number of benzene rings is 1. The number of nitrogens with two attached hydrogens (primary N) is 1. The summed E-state index contributed by atoms with van der Waals surface area (Å²) in [4.78, 5) is 25.2. The summed E-state index contributed by atoms with van der Waals surface area (Å²) in [7, 11) is 0. The van der Waals surface area contributed by atoms with Crippen molar-refractivity contribution in [3.05, 3.63) is 58.8 Å². The molecule has 0 saturated heterocycles. The third-order valence-electron chi connectivity index (χ3n) is 4.24.